The quantitative estimate of drug-likeness (QED) is 0.482. The van der Waals surface area contributed by atoms with Gasteiger partial charge in [0.1, 0.15) is 11.6 Å². The van der Waals surface area contributed by atoms with Crippen LogP contribution in [0.5, 0.6) is 5.75 Å². The van der Waals surface area contributed by atoms with Crippen LogP contribution in [0.15, 0.2) is 53.3 Å². The third-order valence-electron chi connectivity index (χ3n) is 4.19. The van der Waals surface area contributed by atoms with Crippen LogP contribution in [0.1, 0.15) is 19.4 Å². The Kier molecular flexibility index (Phi) is 7.18. The average molecular weight is 433 g/mol. The molecule has 5 nitrogen and oxygen atoms in total. The molecule has 0 unspecified atom stereocenters. The van der Waals surface area contributed by atoms with Crippen LogP contribution in [0, 0.1) is 5.92 Å². The highest BCUT2D eigenvalue weighted by molar-refractivity contribution is 6.33. The summed E-state index contributed by atoms with van der Waals surface area (Å²) in [6.07, 6.45) is 0. The van der Waals surface area contributed by atoms with E-state index in [0.717, 1.165) is 12.1 Å². The molecular weight excluding hydrogens is 412 g/mol. The van der Waals surface area contributed by atoms with Crippen LogP contribution in [0.25, 0.3) is 28.0 Å². The van der Waals surface area contributed by atoms with E-state index in [9.17, 15) is 13.6 Å². The SMILES string of the molecule is CC(C)C[N-]Cc1ccc(Cl)c(-c2nc(-c3ccc(OC(F)F)cc3)cc(=O)[nH]2)c1. The Morgan fingerprint density at radius 1 is 1.13 bits per heavy atom. The standard InChI is InChI=1S/C22H21ClF2N3O2/c1-13(2)11-26-12-14-3-8-18(23)17(9-14)21-27-19(10-20(29)28-21)15-4-6-16(7-5-15)30-22(24)25/h3-10,13,22H,11-12H2,1-2H3,(H,27,28,29)/q-1. The van der Waals surface area contributed by atoms with Gasteiger partial charge in [0.05, 0.1) is 10.7 Å². The first-order valence-electron chi connectivity index (χ1n) is 9.40. The van der Waals surface area contributed by atoms with Crippen LogP contribution >= 0.6 is 11.6 Å². The number of benzene rings is 2. The predicted molar refractivity (Wildman–Crippen MR) is 114 cm³/mol. The number of rotatable bonds is 8. The van der Waals surface area contributed by atoms with Crippen LogP contribution < -0.4 is 10.3 Å². The van der Waals surface area contributed by atoms with Crippen molar-refractivity contribution in [3.63, 3.8) is 0 Å². The van der Waals surface area contributed by atoms with Crippen LogP contribution in [0.3, 0.4) is 0 Å². The molecule has 0 aliphatic rings. The molecule has 0 radical (unpaired) electrons. The Morgan fingerprint density at radius 3 is 2.53 bits per heavy atom. The zero-order chi connectivity index (χ0) is 21.7. The number of H-pyrrole nitrogens is 1. The van der Waals surface area contributed by atoms with E-state index in [2.05, 4.69) is 33.9 Å². The first kappa shape index (κ1) is 21.9. The Hall–Kier alpha value is -2.77. The molecule has 158 valence electrons. The van der Waals surface area contributed by atoms with E-state index in [4.69, 9.17) is 11.6 Å². The van der Waals surface area contributed by atoms with Gasteiger partial charge in [-0.3, -0.25) is 4.79 Å². The molecule has 0 aliphatic heterocycles. The van der Waals surface area contributed by atoms with Gasteiger partial charge in [0.25, 0.3) is 5.56 Å². The third kappa shape index (κ3) is 5.87. The van der Waals surface area contributed by atoms with E-state index in [1.54, 1.807) is 18.2 Å². The minimum Gasteiger partial charge on any atom is -0.658 e. The van der Waals surface area contributed by atoms with Gasteiger partial charge in [0.2, 0.25) is 0 Å². The van der Waals surface area contributed by atoms with Crippen molar-refractivity contribution in [2.75, 3.05) is 6.54 Å². The van der Waals surface area contributed by atoms with E-state index < -0.39 is 6.61 Å². The lowest BCUT2D eigenvalue weighted by Crippen LogP contribution is -2.09. The van der Waals surface area contributed by atoms with E-state index in [0.29, 0.717) is 40.1 Å². The molecular formula is C22H21ClF2N3O2-. The van der Waals surface area contributed by atoms with Gasteiger partial charge in [-0.05, 0) is 36.4 Å². The molecule has 0 spiro atoms. The number of hydrogen-bond acceptors (Lipinski definition) is 3. The lowest BCUT2D eigenvalue weighted by atomic mass is 10.1. The number of alkyl halides is 2. The highest BCUT2D eigenvalue weighted by atomic mass is 35.5. The van der Waals surface area contributed by atoms with Gasteiger partial charge < -0.3 is 15.0 Å². The molecule has 1 heterocycles. The fourth-order valence-electron chi connectivity index (χ4n) is 2.84. The summed E-state index contributed by atoms with van der Waals surface area (Å²) < 4.78 is 29.0. The van der Waals surface area contributed by atoms with Crippen LogP contribution in [-0.2, 0) is 6.54 Å². The van der Waals surface area contributed by atoms with Crippen LogP contribution in [-0.4, -0.2) is 23.1 Å². The van der Waals surface area contributed by atoms with Gasteiger partial charge in [-0.25, -0.2) is 4.98 Å². The smallest absolute Gasteiger partial charge is 0.387 e. The summed E-state index contributed by atoms with van der Waals surface area (Å²) in [7, 11) is 0. The zero-order valence-electron chi connectivity index (χ0n) is 16.5. The highest BCUT2D eigenvalue weighted by Crippen LogP contribution is 2.28. The lowest BCUT2D eigenvalue weighted by molar-refractivity contribution is -0.0498. The highest BCUT2D eigenvalue weighted by Gasteiger charge is 2.11. The molecule has 8 heteroatoms. The minimum atomic E-state index is -2.90. The second-order valence-corrected chi connectivity index (χ2v) is 7.56. The molecule has 0 atom stereocenters. The summed E-state index contributed by atoms with van der Waals surface area (Å²) >= 11 is 6.35. The number of nitrogens with zero attached hydrogens (tertiary/aromatic N) is 2. The van der Waals surface area contributed by atoms with E-state index in [-0.39, 0.29) is 11.3 Å². The van der Waals surface area contributed by atoms with Crippen molar-refractivity contribution >= 4 is 11.6 Å². The lowest BCUT2D eigenvalue weighted by Gasteiger charge is -2.22. The van der Waals surface area contributed by atoms with Crippen molar-refractivity contribution in [2.45, 2.75) is 27.0 Å². The molecule has 0 bridgehead atoms. The molecule has 0 aliphatic carbocycles. The predicted octanol–water partition coefficient (Wildman–Crippen LogP) is 5.89. The average Bonchev–Trinajstić information content (AvgIpc) is 2.68. The topological polar surface area (TPSA) is 69.1 Å². The Balaban J connectivity index is 1.90. The Morgan fingerprint density at radius 2 is 1.87 bits per heavy atom. The van der Waals surface area contributed by atoms with Crippen molar-refractivity contribution in [1.29, 1.82) is 0 Å². The fraction of sp³-hybridized carbons (Fsp3) is 0.273. The number of halogens is 3. The van der Waals surface area contributed by atoms with Crippen molar-refractivity contribution in [3.05, 3.63) is 74.8 Å². The summed E-state index contributed by atoms with van der Waals surface area (Å²) in [6, 6.07) is 12.7. The molecule has 1 aromatic heterocycles. The molecule has 0 saturated carbocycles. The van der Waals surface area contributed by atoms with E-state index in [1.807, 2.05) is 12.1 Å². The maximum absolute atomic E-state index is 12.3. The van der Waals surface area contributed by atoms with Crippen molar-refractivity contribution in [3.8, 4) is 28.4 Å². The zero-order valence-corrected chi connectivity index (χ0v) is 17.3. The normalized spacial score (nSPS) is 11.3. The van der Waals surface area contributed by atoms with E-state index >= 15 is 0 Å². The first-order valence-corrected chi connectivity index (χ1v) is 9.78. The maximum Gasteiger partial charge on any atom is 0.387 e. The Labute approximate surface area is 178 Å². The molecule has 2 aromatic carbocycles. The second-order valence-electron chi connectivity index (χ2n) is 7.15. The molecule has 3 rings (SSSR count). The molecule has 1 N–H and O–H groups in total. The molecule has 3 aromatic rings. The summed E-state index contributed by atoms with van der Waals surface area (Å²) in [5, 5.41) is 4.96. The van der Waals surface area contributed by atoms with E-state index in [1.165, 1.54) is 18.2 Å². The number of hydrogen-bond donors (Lipinski definition) is 1. The van der Waals surface area contributed by atoms with Crippen molar-refractivity contribution < 1.29 is 13.5 Å². The first-order chi connectivity index (χ1) is 14.3. The van der Waals surface area contributed by atoms with Crippen LogP contribution in [0.2, 0.25) is 5.02 Å². The fourth-order valence-corrected chi connectivity index (χ4v) is 3.05. The van der Waals surface area contributed by atoms with Gasteiger partial charge in [0.15, 0.2) is 0 Å². The van der Waals surface area contributed by atoms with Gasteiger partial charge in [-0.1, -0.05) is 43.0 Å². The number of nitrogens with one attached hydrogen (secondary N) is 1. The van der Waals surface area contributed by atoms with Gasteiger partial charge in [-0.15, -0.1) is 13.1 Å². The summed E-state index contributed by atoms with van der Waals surface area (Å²) in [5.41, 5.74) is 2.17. The number of ether oxygens (including phenoxy) is 1. The summed E-state index contributed by atoms with van der Waals surface area (Å²) in [5.74, 6) is 0.824. The summed E-state index contributed by atoms with van der Waals surface area (Å²) in [6.45, 7) is 2.60. The molecule has 0 saturated heterocycles. The van der Waals surface area contributed by atoms with Crippen molar-refractivity contribution in [1.82, 2.24) is 9.97 Å². The minimum absolute atomic E-state index is 0.0275. The number of aromatic amines is 1. The summed E-state index contributed by atoms with van der Waals surface area (Å²) in [4.78, 5) is 19.5. The van der Waals surface area contributed by atoms with Gasteiger partial charge >= 0.3 is 6.61 Å². The monoisotopic (exact) mass is 432 g/mol. The van der Waals surface area contributed by atoms with Gasteiger partial charge in [-0.2, -0.15) is 8.78 Å². The maximum atomic E-state index is 12.3. The van der Waals surface area contributed by atoms with Crippen LogP contribution in [0.4, 0.5) is 8.78 Å². The molecule has 30 heavy (non-hydrogen) atoms. The molecule has 0 amide bonds. The van der Waals surface area contributed by atoms with Crippen molar-refractivity contribution in [2.24, 2.45) is 5.92 Å². The second kappa shape index (κ2) is 9.82. The third-order valence-corrected chi connectivity index (χ3v) is 4.52. The van der Waals surface area contributed by atoms with Gasteiger partial charge in [0, 0.05) is 17.2 Å². The number of aromatic nitrogens is 2. The Bertz CT molecular complexity index is 1050. The largest absolute Gasteiger partial charge is 0.658 e. The molecule has 0 fully saturated rings.